The van der Waals surface area contributed by atoms with Gasteiger partial charge in [-0.25, -0.2) is 5.48 Å². The van der Waals surface area contributed by atoms with Gasteiger partial charge in [0.15, 0.2) is 0 Å². The predicted molar refractivity (Wildman–Crippen MR) is 43.3 cm³/mol. The molecule has 0 unspecified atom stereocenters. The molecule has 1 fully saturated rings. The van der Waals surface area contributed by atoms with Crippen LogP contribution in [0.1, 0.15) is 19.3 Å². The predicted octanol–water partition coefficient (Wildman–Crippen LogP) is 0.481. The maximum absolute atomic E-state index is 11.0. The van der Waals surface area contributed by atoms with Gasteiger partial charge in [0.2, 0.25) is 5.91 Å². The number of hydroxylamine groups is 1. The smallest absolute Gasteiger partial charge is 0.243 e. The van der Waals surface area contributed by atoms with Crippen LogP contribution in [0.25, 0.3) is 0 Å². The molecule has 0 bridgehead atoms. The number of methoxy groups -OCH3 is 1. The zero-order chi connectivity index (χ0) is 8.81. The lowest BCUT2D eigenvalue weighted by molar-refractivity contribution is -0.134. The standard InChI is InChI=1S/C8H15NO3/c1-11-4-5-12-9-8(10)6-7-2-3-7/h7H,2-6H2,1H3,(H,9,10). The van der Waals surface area contributed by atoms with Crippen LogP contribution in [0.15, 0.2) is 0 Å². The first-order valence-electron chi connectivity index (χ1n) is 4.22. The van der Waals surface area contributed by atoms with Crippen molar-refractivity contribution >= 4 is 5.91 Å². The number of rotatable bonds is 6. The summed E-state index contributed by atoms with van der Waals surface area (Å²) >= 11 is 0. The van der Waals surface area contributed by atoms with Crippen LogP contribution in [0.3, 0.4) is 0 Å². The Hall–Kier alpha value is -0.610. The average molecular weight is 173 g/mol. The van der Waals surface area contributed by atoms with Gasteiger partial charge < -0.3 is 4.74 Å². The molecule has 0 aromatic rings. The number of hydrogen-bond acceptors (Lipinski definition) is 3. The fraction of sp³-hybridized carbons (Fsp3) is 0.875. The molecule has 12 heavy (non-hydrogen) atoms. The van der Waals surface area contributed by atoms with E-state index in [0.29, 0.717) is 25.6 Å². The highest BCUT2D eigenvalue weighted by Gasteiger charge is 2.24. The summed E-state index contributed by atoms with van der Waals surface area (Å²) in [5.41, 5.74) is 2.37. The average Bonchev–Trinajstić information content (AvgIpc) is 2.82. The molecular weight excluding hydrogens is 158 g/mol. The summed E-state index contributed by atoms with van der Waals surface area (Å²) in [4.78, 5) is 15.8. The second-order valence-electron chi connectivity index (χ2n) is 3.01. The summed E-state index contributed by atoms with van der Waals surface area (Å²) in [5, 5.41) is 0. The quantitative estimate of drug-likeness (QED) is 0.469. The minimum absolute atomic E-state index is 0.0198. The van der Waals surface area contributed by atoms with E-state index >= 15 is 0 Å². The molecule has 0 aliphatic heterocycles. The van der Waals surface area contributed by atoms with E-state index in [1.54, 1.807) is 7.11 Å². The minimum Gasteiger partial charge on any atom is -0.382 e. The number of carbonyl (C=O) groups is 1. The van der Waals surface area contributed by atoms with Gasteiger partial charge in [-0.2, -0.15) is 0 Å². The van der Waals surface area contributed by atoms with E-state index in [4.69, 9.17) is 9.57 Å². The van der Waals surface area contributed by atoms with Crippen LogP contribution < -0.4 is 5.48 Å². The molecule has 0 radical (unpaired) electrons. The van der Waals surface area contributed by atoms with Gasteiger partial charge in [0, 0.05) is 13.5 Å². The van der Waals surface area contributed by atoms with Crippen LogP contribution >= 0.6 is 0 Å². The van der Waals surface area contributed by atoms with Gasteiger partial charge in [-0.1, -0.05) is 0 Å². The number of ether oxygens (including phenoxy) is 1. The van der Waals surface area contributed by atoms with Crippen molar-refractivity contribution < 1.29 is 14.4 Å². The molecule has 0 aromatic heterocycles. The largest absolute Gasteiger partial charge is 0.382 e. The normalized spacial score (nSPS) is 16.1. The maximum Gasteiger partial charge on any atom is 0.243 e. The fourth-order valence-corrected chi connectivity index (χ4v) is 0.882. The molecule has 1 rings (SSSR count). The van der Waals surface area contributed by atoms with E-state index in [2.05, 4.69) is 5.48 Å². The van der Waals surface area contributed by atoms with Gasteiger partial charge >= 0.3 is 0 Å². The molecule has 0 heterocycles. The van der Waals surface area contributed by atoms with E-state index in [-0.39, 0.29) is 5.91 Å². The Kier molecular flexibility index (Phi) is 4.04. The molecule has 70 valence electrons. The molecule has 4 heteroatoms. The van der Waals surface area contributed by atoms with Gasteiger partial charge in [0.1, 0.15) is 0 Å². The highest BCUT2D eigenvalue weighted by Crippen LogP contribution is 2.31. The Labute approximate surface area is 72.2 Å². The molecule has 1 aliphatic rings. The third-order valence-electron chi connectivity index (χ3n) is 1.75. The fourth-order valence-electron chi connectivity index (χ4n) is 0.882. The van der Waals surface area contributed by atoms with Gasteiger partial charge in [0.25, 0.3) is 0 Å². The van der Waals surface area contributed by atoms with Gasteiger partial charge in [-0.3, -0.25) is 9.63 Å². The van der Waals surface area contributed by atoms with Gasteiger partial charge in [-0.15, -0.1) is 0 Å². The molecule has 1 saturated carbocycles. The van der Waals surface area contributed by atoms with E-state index in [1.165, 1.54) is 12.8 Å². The first-order valence-corrected chi connectivity index (χ1v) is 4.22. The molecule has 0 aromatic carbocycles. The Morgan fingerprint density at radius 3 is 2.83 bits per heavy atom. The van der Waals surface area contributed by atoms with E-state index < -0.39 is 0 Å². The molecule has 1 aliphatic carbocycles. The number of nitrogens with one attached hydrogen (secondary N) is 1. The Balaban J connectivity index is 1.87. The van der Waals surface area contributed by atoms with Crippen LogP contribution in [0.5, 0.6) is 0 Å². The van der Waals surface area contributed by atoms with Gasteiger partial charge in [-0.05, 0) is 18.8 Å². The Morgan fingerprint density at radius 1 is 1.50 bits per heavy atom. The third-order valence-corrected chi connectivity index (χ3v) is 1.75. The molecule has 4 nitrogen and oxygen atoms in total. The summed E-state index contributed by atoms with van der Waals surface area (Å²) in [6.07, 6.45) is 2.98. The molecule has 1 amide bonds. The summed E-state index contributed by atoms with van der Waals surface area (Å²) < 4.78 is 4.74. The number of carbonyl (C=O) groups excluding carboxylic acids is 1. The van der Waals surface area contributed by atoms with Crippen LogP contribution in [-0.2, 0) is 14.4 Å². The van der Waals surface area contributed by atoms with Crippen LogP contribution in [0.2, 0.25) is 0 Å². The zero-order valence-corrected chi connectivity index (χ0v) is 7.34. The molecule has 0 saturated heterocycles. The SMILES string of the molecule is COCCONC(=O)CC1CC1. The van der Waals surface area contributed by atoms with Crippen molar-refractivity contribution in [2.75, 3.05) is 20.3 Å². The van der Waals surface area contributed by atoms with Crippen molar-refractivity contribution in [3.05, 3.63) is 0 Å². The lowest BCUT2D eigenvalue weighted by Crippen LogP contribution is -2.25. The second kappa shape index (κ2) is 5.11. The zero-order valence-electron chi connectivity index (χ0n) is 7.34. The Bertz CT molecular complexity index is 145. The first-order chi connectivity index (χ1) is 5.83. The van der Waals surface area contributed by atoms with Crippen molar-refractivity contribution in [2.45, 2.75) is 19.3 Å². The molecule has 0 spiro atoms. The Morgan fingerprint density at radius 2 is 2.25 bits per heavy atom. The van der Waals surface area contributed by atoms with Crippen molar-refractivity contribution in [2.24, 2.45) is 5.92 Å². The molecule has 1 N–H and O–H groups in total. The van der Waals surface area contributed by atoms with Crippen LogP contribution in [0, 0.1) is 5.92 Å². The van der Waals surface area contributed by atoms with Crippen LogP contribution in [0.4, 0.5) is 0 Å². The van der Waals surface area contributed by atoms with Crippen molar-refractivity contribution in [1.29, 1.82) is 0 Å². The summed E-state index contributed by atoms with van der Waals surface area (Å²) in [6.45, 7) is 0.913. The van der Waals surface area contributed by atoms with E-state index in [1.807, 2.05) is 0 Å². The van der Waals surface area contributed by atoms with Crippen molar-refractivity contribution in [1.82, 2.24) is 5.48 Å². The third kappa shape index (κ3) is 4.31. The highest BCUT2D eigenvalue weighted by atomic mass is 16.7. The summed E-state index contributed by atoms with van der Waals surface area (Å²) in [5.74, 6) is 0.588. The van der Waals surface area contributed by atoms with E-state index in [9.17, 15) is 4.79 Å². The first kappa shape index (κ1) is 9.48. The summed E-state index contributed by atoms with van der Waals surface area (Å²) in [6, 6.07) is 0. The second-order valence-corrected chi connectivity index (χ2v) is 3.01. The monoisotopic (exact) mass is 173 g/mol. The maximum atomic E-state index is 11.0. The summed E-state index contributed by atoms with van der Waals surface area (Å²) in [7, 11) is 1.59. The van der Waals surface area contributed by atoms with Gasteiger partial charge in [0.05, 0.1) is 13.2 Å². The minimum atomic E-state index is -0.0198. The highest BCUT2D eigenvalue weighted by molar-refractivity contribution is 5.75. The number of amides is 1. The molecule has 0 atom stereocenters. The lowest BCUT2D eigenvalue weighted by Gasteiger charge is -2.03. The molecular formula is C8H15NO3. The van der Waals surface area contributed by atoms with Crippen molar-refractivity contribution in [3.63, 3.8) is 0 Å². The number of hydrogen-bond donors (Lipinski definition) is 1. The van der Waals surface area contributed by atoms with Crippen LogP contribution in [-0.4, -0.2) is 26.2 Å². The lowest BCUT2D eigenvalue weighted by atomic mass is 10.3. The topological polar surface area (TPSA) is 47.6 Å². The van der Waals surface area contributed by atoms with Crippen molar-refractivity contribution in [3.8, 4) is 0 Å². The van der Waals surface area contributed by atoms with E-state index in [0.717, 1.165) is 0 Å².